The second kappa shape index (κ2) is 7.18. The number of benzene rings is 1. The van der Waals surface area contributed by atoms with Crippen LogP contribution in [-0.2, 0) is 0 Å². The van der Waals surface area contributed by atoms with Gasteiger partial charge >= 0.3 is 0 Å². The van der Waals surface area contributed by atoms with Gasteiger partial charge in [-0.05, 0) is 54.1 Å². The summed E-state index contributed by atoms with van der Waals surface area (Å²) in [6.45, 7) is 1.95. The fraction of sp³-hybridized carbons (Fsp3) is 0.417. The zero-order valence-corrected chi connectivity index (χ0v) is 12.4. The molecule has 2 N–H and O–H groups in total. The van der Waals surface area contributed by atoms with E-state index in [4.69, 9.17) is 0 Å². The van der Waals surface area contributed by atoms with Crippen LogP contribution in [0.25, 0.3) is 0 Å². The molecular formula is C12H16ClIN2O. The molecule has 0 radical (unpaired) electrons. The van der Waals surface area contributed by atoms with E-state index < -0.39 is 0 Å². The quantitative estimate of drug-likeness (QED) is 0.788. The van der Waals surface area contributed by atoms with Crippen molar-refractivity contribution in [1.29, 1.82) is 0 Å². The molecule has 1 aliphatic rings. The van der Waals surface area contributed by atoms with Crippen molar-refractivity contribution in [1.82, 2.24) is 10.6 Å². The predicted molar refractivity (Wildman–Crippen MR) is 79.8 cm³/mol. The van der Waals surface area contributed by atoms with Gasteiger partial charge in [0.05, 0.1) is 5.56 Å². The van der Waals surface area contributed by atoms with Gasteiger partial charge in [-0.25, -0.2) is 0 Å². The summed E-state index contributed by atoms with van der Waals surface area (Å²) < 4.78 is 1.00. The van der Waals surface area contributed by atoms with Crippen molar-refractivity contribution in [3.63, 3.8) is 0 Å². The second-order valence-electron chi connectivity index (χ2n) is 4.00. The molecule has 1 amide bonds. The summed E-state index contributed by atoms with van der Waals surface area (Å²) in [6, 6.07) is 7.94. The van der Waals surface area contributed by atoms with E-state index >= 15 is 0 Å². The lowest BCUT2D eigenvalue weighted by Gasteiger charge is -2.23. The number of piperidine rings is 1. The fourth-order valence-electron chi connectivity index (χ4n) is 1.88. The average Bonchev–Trinajstić information content (AvgIpc) is 2.31. The Kier molecular flexibility index (Phi) is 6.22. The van der Waals surface area contributed by atoms with Gasteiger partial charge in [0, 0.05) is 16.2 Å². The van der Waals surface area contributed by atoms with Gasteiger partial charge < -0.3 is 10.6 Å². The van der Waals surface area contributed by atoms with Gasteiger partial charge in [0.1, 0.15) is 0 Å². The highest BCUT2D eigenvalue weighted by molar-refractivity contribution is 14.1. The van der Waals surface area contributed by atoms with Crippen molar-refractivity contribution in [2.75, 3.05) is 13.1 Å². The molecule has 0 spiro atoms. The minimum atomic E-state index is 0. The number of hydrogen-bond donors (Lipinski definition) is 2. The Morgan fingerprint density at radius 2 is 2.18 bits per heavy atom. The third kappa shape index (κ3) is 4.12. The van der Waals surface area contributed by atoms with Crippen molar-refractivity contribution in [3.05, 3.63) is 33.4 Å². The molecule has 0 unspecified atom stereocenters. The van der Waals surface area contributed by atoms with Crippen molar-refractivity contribution < 1.29 is 4.79 Å². The zero-order chi connectivity index (χ0) is 11.4. The summed E-state index contributed by atoms with van der Waals surface area (Å²) in [4.78, 5) is 12.0. The van der Waals surface area contributed by atoms with E-state index in [1.165, 1.54) is 0 Å². The van der Waals surface area contributed by atoms with Crippen LogP contribution in [0.4, 0.5) is 0 Å². The number of rotatable bonds is 2. The highest BCUT2D eigenvalue weighted by Crippen LogP contribution is 2.12. The molecule has 0 saturated carbocycles. The third-order valence-electron chi connectivity index (χ3n) is 2.75. The molecule has 1 fully saturated rings. The van der Waals surface area contributed by atoms with E-state index in [1.807, 2.05) is 24.3 Å². The second-order valence-corrected chi connectivity index (χ2v) is 5.16. The molecular weight excluding hydrogens is 351 g/mol. The first-order valence-electron chi connectivity index (χ1n) is 5.53. The number of halogens is 2. The molecule has 1 aromatic carbocycles. The van der Waals surface area contributed by atoms with Crippen LogP contribution in [-0.4, -0.2) is 25.0 Å². The Hall–Kier alpha value is -0.330. The number of carbonyl (C=O) groups excluding carboxylic acids is 1. The predicted octanol–water partition coefficient (Wildman–Crippen LogP) is 2.19. The fourth-order valence-corrected chi connectivity index (χ4v) is 2.52. The van der Waals surface area contributed by atoms with Crippen LogP contribution in [0.2, 0.25) is 0 Å². The number of carbonyl (C=O) groups is 1. The summed E-state index contributed by atoms with van der Waals surface area (Å²) in [5.41, 5.74) is 0.772. The minimum Gasteiger partial charge on any atom is -0.348 e. The molecule has 3 nitrogen and oxygen atoms in total. The minimum absolute atomic E-state index is 0. The summed E-state index contributed by atoms with van der Waals surface area (Å²) in [6.07, 6.45) is 2.21. The monoisotopic (exact) mass is 366 g/mol. The Morgan fingerprint density at radius 1 is 1.41 bits per heavy atom. The number of hydrogen-bond acceptors (Lipinski definition) is 2. The van der Waals surface area contributed by atoms with Gasteiger partial charge in [-0.1, -0.05) is 12.1 Å². The van der Waals surface area contributed by atoms with Crippen LogP contribution in [0, 0.1) is 3.57 Å². The SMILES string of the molecule is Cl.O=C(N[C@H]1CCCNC1)c1ccccc1I. The van der Waals surface area contributed by atoms with Crippen LogP contribution in [0.3, 0.4) is 0 Å². The Balaban J connectivity index is 0.00000144. The molecule has 1 heterocycles. The van der Waals surface area contributed by atoms with Crippen LogP contribution in [0.5, 0.6) is 0 Å². The van der Waals surface area contributed by atoms with Crippen LogP contribution < -0.4 is 10.6 Å². The maximum absolute atomic E-state index is 12.0. The molecule has 94 valence electrons. The maximum Gasteiger partial charge on any atom is 0.252 e. The van der Waals surface area contributed by atoms with Gasteiger partial charge in [-0.15, -0.1) is 12.4 Å². The molecule has 5 heteroatoms. The maximum atomic E-state index is 12.0. The molecule has 0 aliphatic carbocycles. The summed E-state index contributed by atoms with van der Waals surface area (Å²) in [5, 5.41) is 6.36. The average molecular weight is 367 g/mol. The standard InChI is InChI=1S/C12H15IN2O.ClH/c13-11-6-2-1-5-10(11)12(16)15-9-4-3-7-14-8-9;/h1-2,5-6,9,14H,3-4,7-8H2,(H,15,16);1H/t9-;/m0./s1. The van der Waals surface area contributed by atoms with Crippen molar-refractivity contribution in [3.8, 4) is 0 Å². The zero-order valence-electron chi connectivity index (χ0n) is 9.41. The third-order valence-corrected chi connectivity index (χ3v) is 3.69. The van der Waals surface area contributed by atoms with E-state index in [0.29, 0.717) is 0 Å². The van der Waals surface area contributed by atoms with E-state index in [9.17, 15) is 4.79 Å². The van der Waals surface area contributed by atoms with Gasteiger partial charge in [-0.3, -0.25) is 4.79 Å². The van der Waals surface area contributed by atoms with Crippen LogP contribution in [0.15, 0.2) is 24.3 Å². The number of nitrogens with one attached hydrogen (secondary N) is 2. The van der Waals surface area contributed by atoms with E-state index in [-0.39, 0.29) is 24.4 Å². The Bertz CT molecular complexity index is 381. The smallest absolute Gasteiger partial charge is 0.252 e. The first-order valence-corrected chi connectivity index (χ1v) is 6.61. The van der Waals surface area contributed by atoms with Gasteiger partial charge in [0.25, 0.3) is 5.91 Å². The lowest BCUT2D eigenvalue weighted by Crippen LogP contribution is -2.45. The molecule has 0 bridgehead atoms. The summed E-state index contributed by atoms with van der Waals surface area (Å²) in [7, 11) is 0. The Labute approximate surface area is 121 Å². The molecule has 1 atom stereocenters. The summed E-state index contributed by atoms with van der Waals surface area (Å²) in [5.74, 6) is 0.0405. The normalized spacial score (nSPS) is 19.2. The van der Waals surface area contributed by atoms with Crippen LogP contribution in [0.1, 0.15) is 23.2 Å². The molecule has 1 aromatic rings. The van der Waals surface area contributed by atoms with Crippen molar-refractivity contribution in [2.45, 2.75) is 18.9 Å². The van der Waals surface area contributed by atoms with E-state index in [0.717, 1.165) is 35.1 Å². The molecule has 1 saturated heterocycles. The molecule has 2 rings (SSSR count). The summed E-state index contributed by atoms with van der Waals surface area (Å²) >= 11 is 2.19. The van der Waals surface area contributed by atoms with E-state index in [1.54, 1.807) is 0 Å². The van der Waals surface area contributed by atoms with Gasteiger partial charge in [0.2, 0.25) is 0 Å². The topological polar surface area (TPSA) is 41.1 Å². The highest BCUT2D eigenvalue weighted by Gasteiger charge is 2.17. The lowest BCUT2D eigenvalue weighted by atomic mass is 10.1. The Morgan fingerprint density at radius 3 is 2.82 bits per heavy atom. The van der Waals surface area contributed by atoms with E-state index in [2.05, 4.69) is 33.2 Å². The van der Waals surface area contributed by atoms with Crippen molar-refractivity contribution >= 4 is 40.9 Å². The molecule has 0 aromatic heterocycles. The molecule has 17 heavy (non-hydrogen) atoms. The molecule has 1 aliphatic heterocycles. The van der Waals surface area contributed by atoms with Gasteiger partial charge in [-0.2, -0.15) is 0 Å². The first-order chi connectivity index (χ1) is 7.77. The largest absolute Gasteiger partial charge is 0.348 e. The lowest BCUT2D eigenvalue weighted by molar-refractivity contribution is 0.0930. The van der Waals surface area contributed by atoms with Gasteiger partial charge in [0.15, 0.2) is 0 Å². The number of amides is 1. The first kappa shape index (κ1) is 14.7. The van der Waals surface area contributed by atoms with Crippen LogP contribution >= 0.6 is 35.0 Å². The highest BCUT2D eigenvalue weighted by atomic mass is 127. The van der Waals surface area contributed by atoms with Crippen molar-refractivity contribution in [2.24, 2.45) is 0 Å².